The Kier molecular flexibility index (Phi) is 4.12. The average Bonchev–Trinajstić information content (AvgIpc) is 2.58. The molecule has 0 aliphatic carbocycles. The number of para-hydroxylation sites is 1. The maximum absolute atomic E-state index is 12.3. The number of hydrogen-bond donors (Lipinski definition) is 0. The largest absolute Gasteiger partial charge is 0.469 e. The molecule has 1 amide bonds. The summed E-state index contributed by atoms with van der Waals surface area (Å²) in [6.07, 6.45) is 2.27. The minimum Gasteiger partial charge on any atom is -0.469 e. The van der Waals surface area contributed by atoms with Gasteiger partial charge in [0.1, 0.15) is 0 Å². The molecule has 2 rings (SSSR count). The Hall–Kier alpha value is -1.84. The molecule has 0 unspecified atom stereocenters. The third-order valence-electron chi connectivity index (χ3n) is 3.71. The van der Waals surface area contributed by atoms with Crippen LogP contribution in [0.2, 0.25) is 0 Å². The molecular formula is C16H21NO3. The van der Waals surface area contributed by atoms with Gasteiger partial charge in [-0.05, 0) is 38.3 Å². The molecule has 0 fully saturated rings. The van der Waals surface area contributed by atoms with E-state index in [2.05, 4.69) is 0 Å². The minimum atomic E-state index is -0.720. The van der Waals surface area contributed by atoms with Crippen molar-refractivity contribution < 1.29 is 14.3 Å². The zero-order valence-electron chi connectivity index (χ0n) is 12.3. The molecule has 0 saturated carbocycles. The van der Waals surface area contributed by atoms with Gasteiger partial charge in [-0.15, -0.1) is 0 Å². The van der Waals surface area contributed by atoms with E-state index in [1.54, 1.807) is 18.7 Å². The van der Waals surface area contributed by atoms with Crippen LogP contribution in [0.5, 0.6) is 0 Å². The molecule has 0 saturated heterocycles. The minimum absolute atomic E-state index is 0.0759. The van der Waals surface area contributed by atoms with E-state index >= 15 is 0 Å². The summed E-state index contributed by atoms with van der Waals surface area (Å²) >= 11 is 0. The van der Waals surface area contributed by atoms with Crippen LogP contribution in [0.1, 0.15) is 32.3 Å². The van der Waals surface area contributed by atoms with E-state index in [1.807, 2.05) is 24.3 Å². The fourth-order valence-corrected chi connectivity index (χ4v) is 2.59. The van der Waals surface area contributed by atoms with Crippen LogP contribution < -0.4 is 4.90 Å². The monoisotopic (exact) mass is 275 g/mol. The zero-order valence-corrected chi connectivity index (χ0v) is 12.3. The van der Waals surface area contributed by atoms with E-state index < -0.39 is 5.41 Å². The maximum Gasteiger partial charge on any atom is 0.313 e. The first kappa shape index (κ1) is 14.6. The SMILES string of the molecule is COC(=O)C(C)(C)CN1C(=O)CCCc2ccccc21. The molecule has 108 valence electrons. The van der Waals surface area contributed by atoms with Crippen LogP contribution in [-0.4, -0.2) is 25.5 Å². The molecule has 4 heteroatoms. The van der Waals surface area contributed by atoms with Gasteiger partial charge in [-0.3, -0.25) is 9.59 Å². The lowest BCUT2D eigenvalue weighted by Crippen LogP contribution is -2.43. The number of benzene rings is 1. The Morgan fingerprint density at radius 1 is 1.30 bits per heavy atom. The summed E-state index contributed by atoms with van der Waals surface area (Å²) in [7, 11) is 1.38. The van der Waals surface area contributed by atoms with Crippen molar-refractivity contribution in [1.29, 1.82) is 0 Å². The summed E-state index contributed by atoms with van der Waals surface area (Å²) in [6, 6.07) is 7.91. The summed E-state index contributed by atoms with van der Waals surface area (Å²) < 4.78 is 4.83. The van der Waals surface area contributed by atoms with E-state index in [0.717, 1.165) is 18.5 Å². The molecule has 0 N–H and O–H groups in total. The van der Waals surface area contributed by atoms with E-state index in [0.29, 0.717) is 13.0 Å². The average molecular weight is 275 g/mol. The van der Waals surface area contributed by atoms with Gasteiger partial charge < -0.3 is 9.64 Å². The summed E-state index contributed by atoms with van der Waals surface area (Å²) in [5.74, 6) is -0.223. The van der Waals surface area contributed by atoms with Crippen molar-refractivity contribution in [2.45, 2.75) is 33.1 Å². The predicted molar refractivity (Wildman–Crippen MR) is 77.5 cm³/mol. The van der Waals surface area contributed by atoms with Crippen LogP contribution in [0, 0.1) is 5.41 Å². The predicted octanol–water partition coefficient (Wildman–Crippen LogP) is 2.56. The van der Waals surface area contributed by atoms with Gasteiger partial charge in [-0.1, -0.05) is 18.2 Å². The van der Waals surface area contributed by atoms with Gasteiger partial charge in [0.05, 0.1) is 12.5 Å². The molecular weight excluding hydrogens is 254 g/mol. The van der Waals surface area contributed by atoms with E-state index in [9.17, 15) is 9.59 Å². The molecule has 1 heterocycles. The quantitative estimate of drug-likeness (QED) is 0.796. The third kappa shape index (κ3) is 2.84. The molecule has 0 atom stereocenters. The lowest BCUT2D eigenvalue weighted by molar-refractivity contribution is -0.150. The van der Waals surface area contributed by atoms with E-state index in [4.69, 9.17) is 4.74 Å². The van der Waals surface area contributed by atoms with Crippen molar-refractivity contribution in [3.05, 3.63) is 29.8 Å². The Morgan fingerprint density at radius 2 is 2.00 bits per heavy atom. The molecule has 4 nitrogen and oxygen atoms in total. The van der Waals surface area contributed by atoms with Crippen molar-refractivity contribution in [2.24, 2.45) is 5.41 Å². The van der Waals surface area contributed by atoms with Crippen LogP contribution in [0.25, 0.3) is 0 Å². The Morgan fingerprint density at radius 3 is 2.70 bits per heavy atom. The van der Waals surface area contributed by atoms with Gasteiger partial charge in [0.25, 0.3) is 0 Å². The number of fused-ring (bicyclic) bond motifs is 1. The molecule has 0 spiro atoms. The second-order valence-corrected chi connectivity index (χ2v) is 5.84. The summed E-state index contributed by atoms with van der Waals surface area (Å²) in [6.45, 7) is 3.95. The van der Waals surface area contributed by atoms with E-state index in [1.165, 1.54) is 12.7 Å². The first-order valence-electron chi connectivity index (χ1n) is 6.92. The van der Waals surface area contributed by atoms with Crippen LogP contribution in [0.3, 0.4) is 0 Å². The molecule has 0 radical (unpaired) electrons. The second-order valence-electron chi connectivity index (χ2n) is 5.84. The van der Waals surface area contributed by atoms with Gasteiger partial charge in [0.2, 0.25) is 5.91 Å². The van der Waals surface area contributed by atoms with Crippen molar-refractivity contribution in [2.75, 3.05) is 18.6 Å². The smallest absolute Gasteiger partial charge is 0.313 e. The highest BCUT2D eigenvalue weighted by molar-refractivity contribution is 5.95. The van der Waals surface area contributed by atoms with Crippen molar-refractivity contribution in [3.8, 4) is 0 Å². The number of amides is 1. The summed E-state index contributed by atoms with van der Waals surface area (Å²) in [5.41, 5.74) is 1.37. The van der Waals surface area contributed by atoms with Gasteiger partial charge in [-0.25, -0.2) is 0 Å². The van der Waals surface area contributed by atoms with E-state index in [-0.39, 0.29) is 11.9 Å². The number of rotatable bonds is 3. The first-order chi connectivity index (χ1) is 9.45. The van der Waals surface area contributed by atoms with Gasteiger partial charge in [0.15, 0.2) is 0 Å². The number of ether oxygens (including phenoxy) is 1. The fourth-order valence-electron chi connectivity index (χ4n) is 2.59. The highest BCUT2D eigenvalue weighted by Gasteiger charge is 2.34. The standard InChI is InChI=1S/C16H21NO3/c1-16(2,15(19)20-3)11-17-13-9-5-4-7-12(13)8-6-10-14(17)18/h4-5,7,9H,6,8,10-11H2,1-3H3. The van der Waals surface area contributed by atoms with Crippen LogP contribution in [0.4, 0.5) is 5.69 Å². The van der Waals surface area contributed by atoms with Crippen LogP contribution >= 0.6 is 0 Å². The summed E-state index contributed by atoms with van der Waals surface area (Å²) in [4.78, 5) is 25.9. The molecule has 1 aliphatic rings. The second kappa shape index (κ2) is 5.65. The van der Waals surface area contributed by atoms with Gasteiger partial charge in [-0.2, -0.15) is 0 Å². The number of carbonyl (C=O) groups excluding carboxylic acids is 2. The fraction of sp³-hybridized carbons (Fsp3) is 0.500. The number of anilines is 1. The first-order valence-corrected chi connectivity index (χ1v) is 6.92. The highest BCUT2D eigenvalue weighted by Crippen LogP contribution is 2.30. The number of methoxy groups -OCH3 is 1. The Balaban J connectivity index is 2.34. The number of esters is 1. The number of hydrogen-bond acceptors (Lipinski definition) is 3. The normalized spacial score (nSPS) is 15.6. The third-order valence-corrected chi connectivity index (χ3v) is 3.71. The van der Waals surface area contributed by atoms with Crippen molar-refractivity contribution in [3.63, 3.8) is 0 Å². The maximum atomic E-state index is 12.3. The van der Waals surface area contributed by atoms with Crippen LogP contribution in [0.15, 0.2) is 24.3 Å². The molecule has 1 aliphatic heterocycles. The van der Waals surface area contributed by atoms with Gasteiger partial charge in [0, 0.05) is 18.7 Å². The lowest BCUT2D eigenvalue weighted by atomic mass is 9.92. The molecule has 1 aromatic rings. The Labute approximate surface area is 119 Å². The zero-order chi connectivity index (χ0) is 14.8. The van der Waals surface area contributed by atoms with Crippen molar-refractivity contribution >= 4 is 17.6 Å². The number of aryl methyl sites for hydroxylation is 1. The molecule has 1 aromatic carbocycles. The number of nitrogens with zero attached hydrogens (tertiary/aromatic N) is 1. The van der Waals surface area contributed by atoms with Gasteiger partial charge >= 0.3 is 5.97 Å². The molecule has 0 aromatic heterocycles. The molecule has 0 bridgehead atoms. The highest BCUT2D eigenvalue weighted by atomic mass is 16.5. The van der Waals surface area contributed by atoms with Crippen molar-refractivity contribution in [1.82, 2.24) is 0 Å². The summed E-state index contributed by atoms with van der Waals surface area (Å²) in [5, 5.41) is 0. The number of carbonyl (C=O) groups is 2. The topological polar surface area (TPSA) is 46.6 Å². The lowest BCUT2D eigenvalue weighted by Gasteiger charge is -2.31. The molecule has 20 heavy (non-hydrogen) atoms. The Bertz CT molecular complexity index is 522. The van der Waals surface area contributed by atoms with Crippen LogP contribution in [-0.2, 0) is 20.7 Å².